The molecule has 0 spiro atoms. The van der Waals surface area contributed by atoms with Crippen LogP contribution in [0.5, 0.6) is 0 Å². The number of aryl methyl sites for hydroxylation is 1. The van der Waals surface area contributed by atoms with Gasteiger partial charge in [-0.2, -0.15) is 0 Å². The molecule has 8 N–H and O–H groups in total. The first-order chi connectivity index (χ1) is 10.4. The Kier molecular flexibility index (Phi) is 4.41. The first-order valence-corrected chi connectivity index (χ1v) is 7.05. The molecule has 0 bridgehead atoms. The van der Waals surface area contributed by atoms with E-state index in [1.807, 2.05) is 62.4 Å². The number of hydrogen-bond acceptors (Lipinski definition) is 4. The topological polar surface area (TPSA) is 104 Å². The lowest BCUT2D eigenvalue weighted by Gasteiger charge is -2.05. The van der Waals surface area contributed by atoms with E-state index in [0.717, 1.165) is 27.7 Å². The fourth-order valence-corrected chi connectivity index (χ4v) is 2.22. The Morgan fingerprint density at radius 1 is 0.591 bits per heavy atom. The molecule has 0 heterocycles. The van der Waals surface area contributed by atoms with E-state index in [1.54, 1.807) is 0 Å². The van der Waals surface area contributed by atoms with E-state index >= 15 is 0 Å². The molecule has 3 aromatic rings. The second kappa shape index (κ2) is 6.26. The quantitative estimate of drug-likeness (QED) is 0.476. The van der Waals surface area contributed by atoms with E-state index in [2.05, 4.69) is 0 Å². The predicted molar refractivity (Wildman–Crippen MR) is 97.5 cm³/mol. The molecule has 0 saturated heterocycles. The summed E-state index contributed by atoms with van der Waals surface area (Å²) in [7, 11) is 0. The molecule has 0 radical (unpaired) electrons. The molecule has 3 aromatic carbocycles. The number of fused-ring (bicyclic) bond motifs is 1. The Morgan fingerprint density at radius 3 is 1.55 bits per heavy atom. The summed E-state index contributed by atoms with van der Waals surface area (Å²) in [5.41, 5.74) is 28.0. The van der Waals surface area contributed by atoms with Crippen molar-refractivity contribution in [2.45, 2.75) is 13.8 Å². The van der Waals surface area contributed by atoms with Gasteiger partial charge in [0.15, 0.2) is 0 Å². The minimum atomic E-state index is 0.670. The third kappa shape index (κ3) is 3.06. The molecule has 4 heteroatoms. The van der Waals surface area contributed by atoms with Gasteiger partial charge in [0.2, 0.25) is 0 Å². The van der Waals surface area contributed by atoms with Gasteiger partial charge in [0.05, 0.1) is 11.4 Å². The average Bonchev–Trinajstić information content (AvgIpc) is 2.51. The Balaban J connectivity index is 0.000000164. The summed E-state index contributed by atoms with van der Waals surface area (Å²) >= 11 is 0. The summed E-state index contributed by atoms with van der Waals surface area (Å²) < 4.78 is 0. The van der Waals surface area contributed by atoms with Crippen LogP contribution < -0.4 is 22.9 Å². The molecule has 4 nitrogen and oxygen atoms in total. The maximum Gasteiger partial charge on any atom is 0.0580 e. The van der Waals surface area contributed by atoms with Crippen molar-refractivity contribution in [2.24, 2.45) is 0 Å². The van der Waals surface area contributed by atoms with Crippen LogP contribution in [0.15, 0.2) is 48.5 Å². The van der Waals surface area contributed by atoms with Gasteiger partial charge in [-0.15, -0.1) is 0 Å². The lowest BCUT2D eigenvalue weighted by Crippen LogP contribution is -1.98. The zero-order valence-corrected chi connectivity index (χ0v) is 12.9. The van der Waals surface area contributed by atoms with Crippen LogP contribution in [0.1, 0.15) is 11.1 Å². The Labute approximate surface area is 130 Å². The lowest BCUT2D eigenvalue weighted by molar-refractivity contribution is 1.35. The molecule has 0 saturated carbocycles. The molecule has 0 aliphatic heterocycles. The fourth-order valence-electron chi connectivity index (χ4n) is 2.22. The number of hydrogen-bond donors (Lipinski definition) is 4. The first-order valence-electron chi connectivity index (χ1n) is 7.05. The second-order valence-corrected chi connectivity index (χ2v) is 5.30. The van der Waals surface area contributed by atoms with Crippen molar-refractivity contribution in [1.82, 2.24) is 0 Å². The number of anilines is 4. The van der Waals surface area contributed by atoms with Gasteiger partial charge < -0.3 is 22.9 Å². The summed E-state index contributed by atoms with van der Waals surface area (Å²) in [6.07, 6.45) is 0. The van der Waals surface area contributed by atoms with E-state index in [0.29, 0.717) is 11.4 Å². The maximum absolute atomic E-state index is 5.77. The third-order valence-corrected chi connectivity index (χ3v) is 3.81. The molecule has 0 aromatic heterocycles. The van der Waals surface area contributed by atoms with Gasteiger partial charge in [-0.05, 0) is 43.2 Å². The number of nitrogens with two attached hydrogens (primary N) is 4. The normalized spacial score (nSPS) is 10.1. The van der Waals surface area contributed by atoms with Crippen LogP contribution >= 0.6 is 0 Å². The van der Waals surface area contributed by atoms with Crippen molar-refractivity contribution >= 4 is 33.5 Å². The van der Waals surface area contributed by atoms with Crippen LogP contribution in [0.2, 0.25) is 0 Å². The summed E-state index contributed by atoms with van der Waals surface area (Å²) in [6, 6.07) is 15.3. The minimum Gasteiger partial charge on any atom is -0.398 e. The van der Waals surface area contributed by atoms with Crippen LogP contribution in [0, 0.1) is 13.8 Å². The van der Waals surface area contributed by atoms with Gasteiger partial charge >= 0.3 is 0 Å². The predicted octanol–water partition coefficient (Wildman–Crippen LogP) is 3.47. The third-order valence-electron chi connectivity index (χ3n) is 3.81. The molecule has 0 fully saturated rings. The highest BCUT2D eigenvalue weighted by molar-refractivity contribution is 5.99. The van der Waals surface area contributed by atoms with Crippen molar-refractivity contribution < 1.29 is 0 Å². The van der Waals surface area contributed by atoms with Crippen LogP contribution in [-0.4, -0.2) is 0 Å². The fraction of sp³-hybridized carbons (Fsp3) is 0.111. The molecule has 0 unspecified atom stereocenters. The molecule has 3 rings (SSSR count). The molecular weight excluding hydrogens is 272 g/mol. The highest BCUT2D eigenvalue weighted by Crippen LogP contribution is 2.25. The van der Waals surface area contributed by atoms with E-state index in [4.69, 9.17) is 22.9 Å². The molecular formula is C18H22N4. The van der Waals surface area contributed by atoms with Crippen molar-refractivity contribution in [3.05, 3.63) is 59.7 Å². The van der Waals surface area contributed by atoms with Gasteiger partial charge in [-0.25, -0.2) is 0 Å². The van der Waals surface area contributed by atoms with Crippen molar-refractivity contribution in [1.29, 1.82) is 0 Å². The van der Waals surface area contributed by atoms with Gasteiger partial charge in [0.1, 0.15) is 0 Å². The number of rotatable bonds is 0. The number of nitrogen functional groups attached to an aromatic ring is 4. The molecule has 0 aliphatic carbocycles. The maximum atomic E-state index is 5.77. The molecule has 0 aliphatic rings. The van der Waals surface area contributed by atoms with Gasteiger partial charge in [-0.1, -0.05) is 30.3 Å². The van der Waals surface area contributed by atoms with Crippen LogP contribution in [0.4, 0.5) is 22.7 Å². The molecule has 0 atom stereocenters. The lowest BCUT2D eigenvalue weighted by atomic mass is 10.1. The van der Waals surface area contributed by atoms with E-state index in [1.165, 1.54) is 5.56 Å². The molecule has 114 valence electrons. The Morgan fingerprint density at radius 2 is 1.09 bits per heavy atom. The van der Waals surface area contributed by atoms with Gasteiger partial charge in [0.25, 0.3) is 0 Å². The highest BCUT2D eigenvalue weighted by atomic mass is 14.7. The largest absolute Gasteiger partial charge is 0.398 e. The highest BCUT2D eigenvalue weighted by Gasteiger charge is 1.99. The number of benzene rings is 3. The summed E-state index contributed by atoms with van der Waals surface area (Å²) in [5.74, 6) is 0. The summed E-state index contributed by atoms with van der Waals surface area (Å²) in [6.45, 7) is 3.99. The van der Waals surface area contributed by atoms with E-state index in [-0.39, 0.29) is 0 Å². The van der Waals surface area contributed by atoms with Crippen molar-refractivity contribution in [3.63, 3.8) is 0 Å². The second-order valence-electron chi connectivity index (χ2n) is 5.30. The SMILES string of the molecule is Cc1ccc(N)c(N)c1C.Nc1cccc2c(N)cccc12. The van der Waals surface area contributed by atoms with Crippen LogP contribution in [-0.2, 0) is 0 Å². The van der Waals surface area contributed by atoms with Crippen LogP contribution in [0.3, 0.4) is 0 Å². The first kappa shape index (κ1) is 15.5. The smallest absolute Gasteiger partial charge is 0.0580 e. The monoisotopic (exact) mass is 294 g/mol. The Hall–Kier alpha value is -2.88. The average molecular weight is 294 g/mol. The molecule has 0 amide bonds. The zero-order chi connectivity index (χ0) is 16.3. The van der Waals surface area contributed by atoms with Crippen molar-refractivity contribution in [3.8, 4) is 0 Å². The Bertz CT molecular complexity index is 741. The van der Waals surface area contributed by atoms with E-state index in [9.17, 15) is 0 Å². The minimum absolute atomic E-state index is 0.670. The van der Waals surface area contributed by atoms with Gasteiger partial charge in [-0.3, -0.25) is 0 Å². The molecule has 22 heavy (non-hydrogen) atoms. The van der Waals surface area contributed by atoms with Gasteiger partial charge in [0, 0.05) is 22.1 Å². The summed E-state index contributed by atoms with van der Waals surface area (Å²) in [5, 5.41) is 2.05. The summed E-state index contributed by atoms with van der Waals surface area (Å²) in [4.78, 5) is 0. The van der Waals surface area contributed by atoms with Crippen molar-refractivity contribution in [2.75, 3.05) is 22.9 Å². The van der Waals surface area contributed by atoms with Crippen LogP contribution in [0.25, 0.3) is 10.8 Å². The zero-order valence-electron chi connectivity index (χ0n) is 12.9. The standard InChI is InChI=1S/C10H10N2.C8H12N2/c11-9-5-1-3-7-8(9)4-2-6-10(7)12;1-5-3-4-7(9)8(10)6(5)2/h1-6H,11-12H2;3-4H,9-10H2,1-2H3. The van der Waals surface area contributed by atoms with E-state index < -0.39 is 0 Å².